The summed E-state index contributed by atoms with van der Waals surface area (Å²) in [6, 6.07) is 2.16. The molecular weight excluding hydrogens is 200 g/mol. The summed E-state index contributed by atoms with van der Waals surface area (Å²) < 4.78 is 4.15. The van der Waals surface area contributed by atoms with E-state index in [0.717, 1.165) is 30.9 Å². The monoisotopic (exact) mass is 220 g/mol. The highest BCUT2D eigenvalue weighted by Gasteiger charge is 2.18. The normalized spacial score (nSPS) is 12.5. The van der Waals surface area contributed by atoms with Crippen LogP contribution < -0.4 is 5.73 Å². The van der Waals surface area contributed by atoms with E-state index < -0.39 is 0 Å². The van der Waals surface area contributed by atoms with Gasteiger partial charge < -0.3 is 10.3 Å². The number of nitrogens with two attached hydrogens (primary N) is 1. The van der Waals surface area contributed by atoms with Gasteiger partial charge in [0.25, 0.3) is 0 Å². The van der Waals surface area contributed by atoms with Gasteiger partial charge in [-0.25, -0.2) is 4.52 Å². The summed E-state index contributed by atoms with van der Waals surface area (Å²) >= 11 is 0. The van der Waals surface area contributed by atoms with Crippen molar-refractivity contribution in [1.29, 1.82) is 0 Å². The molecule has 2 aromatic rings. The smallest absolute Gasteiger partial charge is 0.136 e. The minimum atomic E-state index is 0.102. The minimum absolute atomic E-state index is 0.102. The van der Waals surface area contributed by atoms with Crippen LogP contribution in [0.1, 0.15) is 32.9 Å². The van der Waals surface area contributed by atoms with Crippen LogP contribution in [0.3, 0.4) is 0 Å². The average molecular weight is 220 g/mol. The highest BCUT2D eigenvalue weighted by atomic mass is 15.3. The fourth-order valence-electron chi connectivity index (χ4n) is 1.75. The van der Waals surface area contributed by atoms with Crippen LogP contribution in [-0.2, 0) is 12.0 Å². The maximum atomic E-state index is 5.53. The summed E-state index contributed by atoms with van der Waals surface area (Å²) in [4.78, 5) is 0. The quantitative estimate of drug-likeness (QED) is 0.857. The molecular formula is C12H20N4. The Kier molecular flexibility index (Phi) is 2.76. The molecule has 0 bridgehead atoms. The van der Waals surface area contributed by atoms with Gasteiger partial charge >= 0.3 is 0 Å². The van der Waals surface area contributed by atoms with Crippen molar-refractivity contribution < 1.29 is 0 Å². The molecule has 0 saturated carbocycles. The number of aryl methyl sites for hydroxylation is 1. The second-order valence-corrected chi connectivity index (χ2v) is 5.22. The lowest BCUT2D eigenvalue weighted by Crippen LogP contribution is -2.11. The fraction of sp³-hybridized carbons (Fsp3) is 0.583. The van der Waals surface area contributed by atoms with Crippen molar-refractivity contribution in [3.8, 4) is 0 Å². The van der Waals surface area contributed by atoms with Gasteiger partial charge in [0, 0.05) is 30.4 Å². The lowest BCUT2D eigenvalue weighted by Gasteiger charge is -2.13. The van der Waals surface area contributed by atoms with Gasteiger partial charge in [-0.2, -0.15) is 5.10 Å². The van der Waals surface area contributed by atoms with Crippen molar-refractivity contribution in [3.63, 3.8) is 0 Å². The first kappa shape index (κ1) is 11.2. The molecule has 0 atom stereocenters. The van der Waals surface area contributed by atoms with Gasteiger partial charge in [-0.3, -0.25) is 0 Å². The third kappa shape index (κ3) is 1.97. The van der Waals surface area contributed by atoms with E-state index >= 15 is 0 Å². The van der Waals surface area contributed by atoms with E-state index in [1.807, 2.05) is 10.7 Å². The number of hydrogen-bond donors (Lipinski definition) is 1. The molecule has 0 aliphatic heterocycles. The Balaban J connectivity index is 2.36. The largest absolute Gasteiger partial charge is 0.331 e. The van der Waals surface area contributed by atoms with E-state index in [1.54, 1.807) is 0 Å². The molecule has 2 aromatic heterocycles. The molecule has 4 heteroatoms. The zero-order chi connectivity index (χ0) is 11.8. The lowest BCUT2D eigenvalue weighted by atomic mass is 9.93. The zero-order valence-electron chi connectivity index (χ0n) is 10.3. The molecule has 0 unspecified atom stereocenters. The van der Waals surface area contributed by atoms with Crippen molar-refractivity contribution in [2.24, 2.45) is 5.73 Å². The summed E-state index contributed by atoms with van der Waals surface area (Å²) in [6.07, 6.45) is 5.06. The van der Waals surface area contributed by atoms with Crippen LogP contribution in [0.5, 0.6) is 0 Å². The van der Waals surface area contributed by atoms with Crippen LogP contribution in [0.2, 0.25) is 0 Å². The van der Waals surface area contributed by atoms with E-state index in [0.29, 0.717) is 0 Å². The maximum absolute atomic E-state index is 5.53. The van der Waals surface area contributed by atoms with E-state index in [-0.39, 0.29) is 5.41 Å². The maximum Gasteiger partial charge on any atom is 0.136 e. The van der Waals surface area contributed by atoms with E-state index in [4.69, 9.17) is 5.73 Å². The molecule has 4 nitrogen and oxygen atoms in total. The van der Waals surface area contributed by atoms with Crippen molar-refractivity contribution in [1.82, 2.24) is 14.2 Å². The van der Waals surface area contributed by atoms with Crippen LogP contribution in [0.15, 0.2) is 18.5 Å². The summed E-state index contributed by atoms with van der Waals surface area (Å²) in [6.45, 7) is 8.23. The average Bonchev–Trinajstić information content (AvgIpc) is 2.73. The first-order valence-corrected chi connectivity index (χ1v) is 5.77. The van der Waals surface area contributed by atoms with Crippen molar-refractivity contribution in [3.05, 3.63) is 24.2 Å². The molecule has 0 fully saturated rings. The molecule has 0 amide bonds. The molecule has 2 rings (SSSR count). The Hall–Kier alpha value is -1.29. The number of hydrogen-bond acceptors (Lipinski definition) is 2. The van der Waals surface area contributed by atoms with Crippen molar-refractivity contribution >= 4 is 5.65 Å². The standard InChI is InChI=1S/C12H20N4/c1-12(2,3)10-9-11-15(6-4-5-13)7-8-16(11)14-10/h7-9H,4-6,13H2,1-3H3. The van der Waals surface area contributed by atoms with Gasteiger partial charge in [0.1, 0.15) is 5.65 Å². The Labute approximate surface area is 96.1 Å². The summed E-state index contributed by atoms with van der Waals surface area (Å²) in [7, 11) is 0. The Morgan fingerprint density at radius 1 is 1.31 bits per heavy atom. The topological polar surface area (TPSA) is 48.2 Å². The van der Waals surface area contributed by atoms with E-state index in [9.17, 15) is 0 Å². The van der Waals surface area contributed by atoms with Gasteiger partial charge in [-0.05, 0) is 13.0 Å². The number of nitrogens with zero attached hydrogens (tertiary/aromatic N) is 3. The predicted octanol–water partition coefficient (Wildman–Crippen LogP) is 1.78. The van der Waals surface area contributed by atoms with Crippen molar-refractivity contribution in [2.75, 3.05) is 6.54 Å². The van der Waals surface area contributed by atoms with Gasteiger partial charge in [0.05, 0.1) is 5.69 Å². The minimum Gasteiger partial charge on any atom is -0.331 e. The van der Waals surface area contributed by atoms with Gasteiger partial charge in [-0.1, -0.05) is 20.8 Å². The molecule has 88 valence electrons. The van der Waals surface area contributed by atoms with E-state index in [2.05, 4.69) is 42.7 Å². The molecule has 0 radical (unpaired) electrons. The third-order valence-corrected chi connectivity index (χ3v) is 2.77. The second kappa shape index (κ2) is 3.94. The highest BCUT2D eigenvalue weighted by Crippen LogP contribution is 2.22. The zero-order valence-corrected chi connectivity index (χ0v) is 10.3. The van der Waals surface area contributed by atoms with Gasteiger partial charge in [0.15, 0.2) is 0 Å². The first-order chi connectivity index (χ1) is 7.52. The molecule has 2 N–H and O–H groups in total. The van der Waals surface area contributed by atoms with Crippen LogP contribution in [0, 0.1) is 0 Å². The molecule has 0 aliphatic rings. The van der Waals surface area contributed by atoms with E-state index in [1.165, 1.54) is 0 Å². The first-order valence-electron chi connectivity index (χ1n) is 5.77. The fourth-order valence-corrected chi connectivity index (χ4v) is 1.75. The molecule has 0 aliphatic carbocycles. The molecule has 0 saturated heterocycles. The summed E-state index contributed by atoms with van der Waals surface area (Å²) in [5.41, 5.74) is 7.91. The number of imidazole rings is 1. The van der Waals surface area contributed by atoms with Crippen LogP contribution in [0.25, 0.3) is 5.65 Å². The molecule has 0 spiro atoms. The van der Waals surface area contributed by atoms with Gasteiger partial charge in [0.2, 0.25) is 0 Å². The summed E-state index contributed by atoms with van der Waals surface area (Å²) in [5, 5.41) is 4.58. The predicted molar refractivity (Wildman–Crippen MR) is 65.6 cm³/mol. The second-order valence-electron chi connectivity index (χ2n) is 5.22. The number of fused-ring (bicyclic) bond motifs is 1. The van der Waals surface area contributed by atoms with Crippen LogP contribution in [0.4, 0.5) is 0 Å². The Morgan fingerprint density at radius 2 is 2.06 bits per heavy atom. The lowest BCUT2D eigenvalue weighted by molar-refractivity contribution is 0.563. The summed E-state index contributed by atoms with van der Waals surface area (Å²) in [5.74, 6) is 0. The SMILES string of the molecule is CC(C)(C)c1cc2n(CCCN)ccn2n1. The number of aromatic nitrogens is 3. The highest BCUT2D eigenvalue weighted by molar-refractivity contribution is 5.42. The number of rotatable bonds is 3. The van der Waals surface area contributed by atoms with Crippen LogP contribution in [-0.4, -0.2) is 20.7 Å². The molecule has 0 aromatic carbocycles. The van der Waals surface area contributed by atoms with Crippen LogP contribution >= 0.6 is 0 Å². The van der Waals surface area contributed by atoms with Gasteiger partial charge in [-0.15, -0.1) is 0 Å². The molecule has 16 heavy (non-hydrogen) atoms. The third-order valence-electron chi connectivity index (χ3n) is 2.77. The molecule has 2 heterocycles. The Bertz CT molecular complexity index is 473. The Morgan fingerprint density at radius 3 is 2.69 bits per heavy atom. The van der Waals surface area contributed by atoms with Crippen molar-refractivity contribution in [2.45, 2.75) is 39.2 Å².